The molecule has 5 heteroatoms. The fourth-order valence-corrected chi connectivity index (χ4v) is 3.40. The van der Waals surface area contributed by atoms with Gasteiger partial charge < -0.3 is 9.80 Å². The minimum Gasteiger partial charge on any atom is -0.357 e. The van der Waals surface area contributed by atoms with Gasteiger partial charge in [-0.3, -0.25) is 4.68 Å². The van der Waals surface area contributed by atoms with Gasteiger partial charge in [0.1, 0.15) is 5.82 Å². The Morgan fingerprint density at radius 1 is 1.37 bits per heavy atom. The van der Waals surface area contributed by atoms with Crippen molar-refractivity contribution in [1.29, 1.82) is 0 Å². The Hall–Kier alpha value is -0.740. The number of likely N-dealkylation sites (tertiary alicyclic amines) is 1. The number of alkyl halides is 1. The van der Waals surface area contributed by atoms with Crippen LogP contribution in [0.3, 0.4) is 0 Å². The molecule has 1 aliphatic heterocycles. The summed E-state index contributed by atoms with van der Waals surface area (Å²) in [5.74, 6) is 1.72. The fourth-order valence-electron chi connectivity index (χ4n) is 3.08. The molecule has 0 unspecified atom stereocenters. The number of aryl methyl sites for hydroxylation is 2. The number of piperidine rings is 1. The van der Waals surface area contributed by atoms with Gasteiger partial charge >= 0.3 is 0 Å². The zero-order valence-corrected chi connectivity index (χ0v) is 13.2. The molecule has 0 aromatic carbocycles. The third-order valence-corrected chi connectivity index (χ3v) is 4.60. The number of nitrogens with zero attached hydrogens (tertiary/aromatic N) is 4. The Morgan fingerprint density at radius 3 is 2.53 bits per heavy atom. The molecule has 0 N–H and O–H groups in total. The first-order valence-corrected chi connectivity index (χ1v) is 7.65. The van der Waals surface area contributed by atoms with Crippen molar-refractivity contribution in [3.63, 3.8) is 0 Å². The number of hydrogen-bond acceptors (Lipinski definition) is 3. The molecule has 1 aliphatic rings. The highest BCUT2D eigenvalue weighted by molar-refractivity contribution is 6.17. The van der Waals surface area contributed by atoms with Crippen LogP contribution in [0.5, 0.6) is 0 Å². The summed E-state index contributed by atoms with van der Waals surface area (Å²) in [5, 5.41) is 4.51. The lowest BCUT2D eigenvalue weighted by Crippen LogP contribution is -2.44. The Kier molecular flexibility index (Phi) is 4.74. The lowest BCUT2D eigenvalue weighted by atomic mass is 10.0. The quantitative estimate of drug-likeness (QED) is 0.794. The molecule has 1 saturated heterocycles. The standard InChI is InChI=1S/C14H25ClN4/c1-5-19-8-6-12(7-9-19)17(3)14-13(10-15)11(2)16-18(14)4/h12H,5-10H2,1-4H3. The molecule has 0 aliphatic carbocycles. The minimum absolute atomic E-state index is 0.535. The molecule has 19 heavy (non-hydrogen) atoms. The van der Waals surface area contributed by atoms with Crippen molar-refractivity contribution in [2.45, 2.75) is 38.6 Å². The van der Waals surface area contributed by atoms with Gasteiger partial charge in [0, 0.05) is 38.8 Å². The van der Waals surface area contributed by atoms with Crippen LogP contribution in [0, 0.1) is 6.92 Å². The summed E-state index contributed by atoms with van der Waals surface area (Å²) < 4.78 is 1.97. The van der Waals surface area contributed by atoms with Gasteiger partial charge in [0.2, 0.25) is 0 Å². The zero-order chi connectivity index (χ0) is 14.0. The SMILES string of the molecule is CCN1CCC(N(C)c2c(CCl)c(C)nn2C)CC1. The predicted octanol–water partition coefficient (Wildman–Crippen LogP) is 2.39. The third kappa shape index (κ3) is 2.90. The second-order valence-corrected chi connectivity index (χ2v) is 5.69. The Labute approximate surface area is 121 Å². The second-order valence-electron chi connectivity index (χ2n) is 5.42. The summed E-state index contributed by atoms with van der Waals surface area (Å²) in [6.07, 6.45) is 2.44. The monoisotopic (exact) mass is 284 g/mol. The topological polar surface area (TPSA) is 24.3 Å². The second kappa shape index (κ2) is 6.14. The molecule has 108 valence electrons. The lowest BCUT2D eigenvalue weighted by molar-refractivity contribution is 0.220. The van der Waals surface area contributed by atoms with Gasteiger partial charge in [0.05, 0.1) is 11.6 Å². The van der Waals surface area contributed by atoms with Crippen LogP contribution >= 0.6 is 11.6 Å². The van der Waals surface area contributed by atoms with Crippen LogP contribution in [0.25, 0.3) is 0 Å². The summed E-state index contributed by atoms with van der Waals surface area (Å²) in [6.45, 7) is 7.82. The van der Waals surface area contributed by atoms with Gasteiger partial charge in [0.25, 0.3) is 0 Å². The summed E-state index contributed by atoms with van der Waals surface area (Å²) in [4.78, 5) is 4.89. The van der Waals surface area contributed by atoms with Crippen LogP contribution in [-0.4, -0.2) is 47.4 Å². The van der Waals surface area contributed by atoms with Gasteiger partial charge in [-0.15, -0.1) is 11.6 Å². The van der Waals surface area contributed by atoms with E-state index < -0.39 is 0 Å². The molecule has 2 heterocycles. The largest absolute Gasteiger partial charge is 0.357 e. The van der Waals surface area contributed by atoms with E-state index in [1.807, 2.05) is 18.7 Å². The number of hydrogen-bond donors (Lipinski definition) is 0. The Bertz CT molecular complexity index is 421. The van der Waals surface area contributed by atoms with Gasteiger partial charge in [-0.25, -0.2) is 0 Å². The molecule has 2 rings (SSSR count). The molecule has 0 saturated carbocycles. The van der Waals surface area contributed by atoms with E-state index in [-0.39, 0.29) is 0 Å². The highest BCUT2D eigenvalue weighted by atomic mass is 35.5. The molecule has 0 amide bonds. The van der Waals surface area contributed by atoms with Crippen LogP contribution in [0.4, 0.5) is 5.82 Å². The van der Waals surface area contributed by atoms with E-state index >= 15 is 0 Å². The van der Waals surface area contributed by atoms with E-state index in [2.05, 4.69) is 28.9 Å². The fraction of sp³-hybridized carbons (Fsp3) is 0.786. The molecule has 1 aromatic rings. The summed E-state index contributed by atoms with van der Waals surface area (Å²) >= 11 is 6.09. The van der Waals surface area contributed by atoms with E-state index in [0.29, 0.717) is 11.9 Å². The van der Waals surface area contributed by atoms with Gasteiger partial charge in [-0.1, -0.05) is 6.92 Å². The maximum Gasteiger partial charge on any atom is 0.131 e. The molecular formula is C14H25ClN4. The summed E-state index contributed by atoms with van der Waals surface area (Å²) in [7, 11) is 4.19. The molecule has 0 radical (unpaired) electrons. The smallest absolute Gasteiger partial charge is 0.131 e. The molecule has 0 bridgehead atoms. The van der Waals surface area contributed by atoms with Crippen molar-refractivity contribution in [3.05, 3.63) is 11.3 Å². The van der Waals surface area contributed by atoms with Crippen LogP contribution in [-0.2, 0) is 12.9 Å². The van der Waals surface area contributed by atoms with Crippen molar-refractivity contribution in [2.75, 3.05) is 31.6 Å². The van der Waals surface area contributed by atoms with Gasteiger partial charge in [-0.05, 0) is 26.3 Å². The summed E-state index contributed by atoms with van der Waals surface area (Å²) in [6, 6.07) is 0.597. The van der Waals surface area contributed by atoms with Crippen LogP contribution in [0.1, 0.15) is 31.0 Å². The molecule has 1 aromatic heterocycles. The zero-order valence-electron chi connectivity index (χ0n) is 12.5. The Balaban J connectivity index is 2.14. The van der Waals surface area contributed by atoms with E-state index in [1.165, 1.54) is 37.3 Å². The van der Waals surface area contributed by atoms with Crippen molar-refractivity contribution < 1.29 is 0 Å². The van der Waals surface area contributed by atoms with Crippen LogP contribution < -0.4 is 4.90 Å². The van der Waals surface area contributed by atoms with Gasteiger partial charge in [-0.2, -0.15) is 5.10 Å². The molecule has 4 nitrogen and oxygen atoms in total. The highest BCUT2D eigenvalue weighted by Gasteiger charge is 2.25. The molecule has 0 spiro atoms. The van der Waals surface area contributed by atoms with Crippen molar-refractivity contribution in [1.82, 2.24) is 14.7 Å². The van der Waals surface area contributed by atoms with Crippen molar-refractivity contribution in [2.24, 2.45) is 7.05 Å². The first kappa shape index (κ1) is 14.7. The number of aromatic nitrogens is 2. The van der Waals surface area contributed by atoms with E-state index in [9.17, 15) is 0 Å². The number of rotatable bonds is 4. The van der Waals surface area contributed by atoms with E-state index in [0.717, 1.165) is 12.2 Å². The van der Waals surface area contributed by atoms with Gasteiger partial charge in [0.15, 0.2) is 0 Å². The predicted molar refractivity (Wildman–Crippen MR) is 81.0 cm³/mol. The maximum absolute atomic E-state index is 6.09. The normalized spacial score (nSPS) is 17.9. The third-order valence-electron chi connectivity index (χ3n) is 4.33. The Morgan fingerprint density at radius 2 is 2.00 bits per heavy atom. The summed E-state index contributed by atoms with van der Waals surface area (Å²) in [5.41, 5.74) is 2.22. The first-order chi connectivity index (χ1) is 9.08. The molecule has 0 atom stereocenters. The molecular weight excluding hydrogens is 260 g/mol. The maximum atomic E-state index is 6.09. The van der Waals surface area contributed by atoms with E-state index in [1.54, 1.807) is 0 Å². The average Bonchev–Trinajstić information content (AvgIpc) is 2.72. The van der Waals surface area contributed by atoms with Crippen LogP contribution in [0.15, 0.2) is 0 Å². The van der Waals surface area contributed by atoms with E-state index in [4.69, 9.17) is 11.6 Å². The number of halogens is 1. The van der Waals surface area contributed by atoms with Crippen molar-refractivity contribution >= 4 is 17.4 Å². The van der Waals surface area contributed by atoms with Crippen molar-refractivity contribution in [3.8, 4) is 0 Å². The molecule has 1 fully saturated rings. The van der Waals surface area contributed by atoms with Crippen LogP contribution in [0.2, 0.25) is 0 Å². The first-order valence-electron chi connectivity index (χ1n) is 7.12. The highest BCUT2D eigenvalue weighted by Crippen LogP contribution is 2.28. The number of anilines is 1. The lowest BCUT2D eigenvalue weighted by Gasteiger charge is -2.37. The minimum atomic E-state index is 0.535. The average molecular weight is 285 g/mol.